The second-order valence-electron chi connectivity index (χ2n) is 7.91. The lowest BCUT2D eigenvalue weighted by atomic mass is 10.1. The number of nitrogens with zero attached hydrogens (tertiary/aromatic N) is 4. The van der Waals surface area contributed by atoms with E-state index in [2.05, 4.69) is 9.97 Å². The molecule has 1 unspecified atom stereocenters. The predicted molar refractivity (Wildman–Crippen MR) is 107 cm³/mol. The maximum atomic E-state index is 12.0. The monoisotopic (exact) mass is 404 g/mol. The molecule has 2 aliphatic rings. The summed E-state index contributed by atoms with van der Waals surface area (Å²) in [6.07, 6.45) is 4.47. The largest absolute Gasteiger partial charge is 0.460 e. The Kier molecular flexibility index (Phi) is 5.74. The highest BCUT2D eigenvalue weighted by Crippen LogP contribution is 2.31. The Bertz CT molecular complexity index is 833. The highest BCUT2D eigenvalue weighted by Gasteiger charge is 2.32. The fourth-order valence-electron chi connectivity index (χ4n) is 3.07. The lowest BCUT2D eigenvalue weighted by Crippen LogP contribution is -2.26. The summed E-state index contributed by atoms with van der Waals surface area (Å²) in [7, 11) is 1.46. The van der Waals surface area contributed by atoms with Gasteiger partial charge in [0.05, 0.1) is 17.0 Å². The highest BCUT2D eigenvalue weighted by molar-refractivity contribution is 8.18. The molecule has 0 N–H and O–H groups in total. The summed E-state index contributed by atoms with van der Waals surface area (Å²) in [5.74, 6) is 0.230. The van der Waals surface area contributed by atoms with Crippen LogP contribution in [0.25, 0.3) is 6.08 Å². The van der Waals surface area contributed by atoms with Crippen LogP contribution in [-0.4, -0.2) is 57.7 Å². The molecule has 9 heteroatoms. The van der Waals surface area contributed by atoms with Gasteiger partial charge in [-0.3, -0.25) is 19.3 Å². The molecular formula is C19H24N4O4S. The molecule has 3 rings (SSSR count). The second kappa shape index (κ2) is 7.90. The zero-order valence-corrected chi connectivity index (χ0v) is 17.3. The maximum absolute atomic E-state index is 12.0. The normalized spacial score (nSPS) is 21.7. The summed E-state index contributed by atoms with van der Waals surface area (Å²) in [6.45, 7) is 7.01. The number of ether oxygens (including phenoxy) is 1. The molecule has 150 valence electrons. The van der Waals surface area contributed by atoms with E-state index in [1.54, 1.807) is 18.3 Å². The van der Waals surface area contributed by atoms with Crippen LogP contribution < -0.4 is 4.90 Å². The van der Waals surface area contributed by atoms with Gasteiger partial charge in [-0.05, 0) is 57.0 Å². The molecule has 0 bridgehead atoms. The van der Waals surface area contributed by atoms with Crippen LogP contribution in [0.5, 0.6) is 0 Å². The van der Waals surface area contributed by atoms with Gasteiger partial charge >= 0.3 is 5.97 Å². The molecule has 2 fully saturated rings. The predicted octanol–water partition coefficient (Wildman–Crippen LogP) is 2.70. The van der Waals surface area contributed by atoms with Crippen LogP contribution in [0.1, 0.15) is 39.3 Å². The molecule has 1 atom stereocenters. The Balaban J connectivity index is 1.64. The first-order valence-electron chi connectivity index (χ1n) is 9.14. The van der Waals surface area contributed by atoms with E-state index >= 15 is 0 Å². The van der Waals surface area contributed by atoms with Gasteiger partial charge in [-0.25, -0.2) is 9.97 Å². The first-order valence-corrected chi connectivity index (χ1v) is 9.95. The molecule has 0 radical (unpaired) electrons. The van der Waals surface area contributed by atoms with Crippen molar-refractivity contribution in [2.75, 3.05) is 25.0 Å². The van der Waals surface area contributed by atoms with Crippen LogP contribution in [0.4, 0.5) is 10.7 Å². The van der Waals surface area contributed by atoms with Crippen LogP contribution in [0.3, 0.4) is 0 Å². The smallest absolute Gasteiger partial charge is 0.306 e. The van der Waals surface area contributed by atoms with Gasteiger partial charge in [0, 0.05) is 26.3 Å². The topological polar surface area (TPSA) is 92.7 Å². The van der Waals surface area contributed by atoms with Crippen LogP contribution >= 0.6 is 11.8 Å². The number of aromatic nitrogens is 2. The van der Waals surface area contributed by atoms with Gasteiger partial charge in [-0.1, -0.05) is 0 Å². The number of anilines is 1. The number of carbonyl (C=O) groups excluding carboxylic acids is 3. The number of hydrogen-bond donors (Lipinski definition) is 0. The van der Waals surface area contributed by atoms with Crippen molar-refractivity contribution in [2.24, 2.45) is 5.92 Å². The molecule has 3 heterocycles. The summed E-state index contributed by atoms with van der Waals surface area (Å²) in [5.41, 5.74) is 0.0883. The third-order valence-corrected chi connectivity index (χ3v) is 5.33. The molecule has 0 saturated carbocycles. The molecule has 28 heavy (non-hydrogen) atoms. The SMILES string of the molecule is CN1C(=O)SC(=Cc2ccnc(N3CCC(CC(=O)OC(C)(C)C)C3)n2)C1=O. The van der Waals surface area contributed by atoms with E-state index in [0.717, 1.165) is 29.6 Å². The van der Waals surface area contributed by atoms with Gasteiger partial charge in [-0.2, -0.15) is 0 Å². The van der Waals surface area contributed by atoms with Crippen LogP contribution in [-0.2, 0) is 14.3 Å². The number of imide groups is 1. The average Bonchev–Trinajstić information content (AvgIpc) is 3.15. The number of thioether (sulfide) groups is 1. The number of esters is 1. The Morgan fingerprint density at radius 2 is 2.14 bits per heavy atom. The van der Waals surface area contributed by atoms with Crippen molar-refractivity contribution in [1.29, 1.82) is 0 Å². The second-order valence-corrected chi connectivity index (χ2v) is 8.91. The van der Waals surface area contributed by atoms with Crippen LogP contribution in [0.2, 0.25) is 0 Å². The summed E-state index contributed by atoms with van der Waals surface area (Å²) in [4.78, 5) is 48.0. The summed E-state index contributed by atoms with van der Waals surface area (Å²) in [5, 5.41) is -0.296. The van der Waals surface area contributed by atoms with E-state index in [1.165, 1.54) is 7.05 Å². The summed E-state index contributed by atoms with van der Waals surface area (Å²) in [6, 6.07) is 1.70. The standard InChI is InChI=1S/C19H24N4O4S/c1-19(2,3)27-15(24)9-12-6-8-23(11-12)17-20-7-5-13(21-17)10-14-16(25)22(4)18(26)28-14/h5,7,10,12H,6,8-9,11H2,1-4H3. The molecule has 0 aliphatic carbocycles. The highest BCUT2D eigenvalue weighted by atomic mass is 32.2. The van der Waals surface area contributed by atoms with Crippen LogP contribution in [0, 0.1) is 5.92 Å². The Morgan fingerprint density at radius 1 is 1.39 bits per heavy atom. The van der Waals surface area contributed by atoms with Gasteiger partial charge in [-0.15, -0.1) is 0 Å². The van der Waals surface area contributed by atoms with Gasteiger partial charge < -0.3 is 9.64 Å². The zero-order valence-electron chi connectivity index (χ0n) is 16.5. The van der Waals surface area contributed by atoms with E-state index in [9.17, 15) is 14.4 Å². The van der Waals surface area contributed by atoms with Crippen molar-refractivity contribution in [1.82, 2.24) is 14.9 Å². The van der Waals surface area contributed by atoms with Crippen LogP contribution in [0.15, 0.2) is 17.2 Å². The molecule has 0 aromatic carbocycles. The number of hydrogen-bond acceptors (Lipinski definition) is 8. The van der Waals surface area contributed by atoms with Gasteiger partial charge in [0.2, 0.25) is 5.95 Å². The summed E-state index contributed by atoms with van der Waals surface area (Å²) < 4.78 is 5.40. The number of likely N-dealkylation sites (N-methyl/N-ethyl adjacent to an activating group) is 1. The molecule has 2 aliphatic heterocycles. The Labute approximate surface area is 168 Å². The quantitative estimate of drug-likeness (QED) is 0.559. The van der Waals surface area contributed by atoms with E-state index in [4.69, 9.17) is 4.74 Å². The summed E-state index contributed by atoms with van der Waals surface area (Å²) >= 11 is 0.899. The van der Waals surface area contributed by atoms with Crippen molar-refractivity contribution < 1.29 is 19.1 Å². The molecule has 0 spiro atoms. The minimum absolute atomic E-state index is 0.190. The zero-order chi connectivity index (χ0) is 20.5. The van der Waals surface area contributed by atoms with Crippen molar-refractivity contribution in [2.45, 2.75) is 39.2 Å². The molecule has 2 amide bonds. The van der Waals surface area contributed by atoms with E-state index in [1.807, 2.05) is 25.7 Å². The minimum Gasteiger partial charge on any atom is -0.460 e. The van der Waals surface area contributed by atoms with E-state index < -0.39 is 5.60 Å². The fourth-order valence-corrected chi connectivity index (χ4v) is 3.89. The molecule has 2 saturated heterocycles. The first kappa shape index (κ1) is 20.3. The molecule has 1 aromatic rings. The van der Waals surface area contributed by atoms with Gasteiger partial charge in [0.25, 0.3) is 11.1 Å². The third kappa shape index (κ3) is 4.89. The van der Waals surface area contributed by atoms with E-state index in [0.29, 0.717) is 29.5 Å². The molecule has 1 aromatic heterocycles. The number of amides is 2. The molecule has 8 nitrogen and oxygen atoms in total. The van der Waals surface area contributed by atoms with Crippen molar-refractivity contribution in [3.05, 3.63) is 22.9 Å². The van der Waals surface area contributed by atoms with Crippen molar-refractivity contribution in [3.8, 4) is 0 Å². The average molecular weight is 404 g/mol. The first-order chi connectivity index (χ1) is 13.1. The van der Waals surface area contributed by atoms with Crippen molar-refractivity contribution >= 4 is 40.9 Å². The van der Waals surface area contributed by atoms with E-state index in [-0.39, 0.29) is 23.0 Å². The minimum atomic E-state index is -0.481. The Hall–Kier alpha value is -2.42. The Morgan fingerprint density at radius 3 is 2.79 bits per heavy atom. The van der Waals surface area contributed by atoms with Gasteiger partial charge in [0.1, 0.15) is 5.60 Å². The number of rotatable bonds is 4. The fraction of sp³-hybridized carbons (Fsp3) is 0.526. The number of carbonyl (C=O) groups is 3. The lowest BCUT2D eigenvalue weighted by Gasteiger charge is -2.21. The lowest BCUT2D eigenvalue weighted by molar-refractivity contribution is -0.155. The van der Waals surface area contributed by atoms with Gasteiger partial charge in [0.15, 0.2) is 0 Å². The maximum Gasteiger partial charge on any atom is 0.306 e. The third-order valence-electron chi connectivity index (χ3n) is 4.37. The molecular weight excluding hydrogens is 380 g/mol. The van der Waals surface area contributed by atoms with Crippen molar-refractivity contribution in [3.63, 3.8) is 0 Å².